The molecule has 0 bridgehead atoms. The molecule has 7 heteroatoms. The fraction of sp³-hybridized carbons (Fsp3) is 0.533. The average Bonchev–Trinajstić information content (AvgIpc) is 2.46. The minimum absolute atomic E-state index is 0.104. The van der Waals surface area contributed by atoms with Gasteiger partial charge in [0.05, 0.1) is 10.5 Å². The number of carbonyl (C=O) groups is 1. The van der Waals surface area contributed by atoms with Crippen molar-refractivity contribution >= 4 is 31.9 Å². The summed E-state index contributed by atoms with van der Waals surface area (Å²) in [7, 11) is -3.61. The molecule has 0 atom stereocenters. The van der Waals surface area contributed by atoms with E-state index in [-0.39, 0.29) is 16.7 Å². The third kappa shape index (κ3) is 4.79. The quantitative estimate of drug-likeness (QED) is 0.777. The Bertz CT molecular complexity index is 626. The minimum atomic E-state index is -3.61. The third-order valence-corrected chi connectivity index (χ3v) is 5.32. The predicted octanol–water partition coefficient (Wildman–Crippen LogP) is 2.87. The van der Waals surface area contributed by atoms with Gasteiger partial charge in [-0.3, -0.25) is 4.79 Å². The van der Waals surface area contributed by atoms with E-state index >= 15 is 0 Å². The molecule has 0 heterocycles. The molecule has 0 saturated carbocycles. The van der Waals surface area contributed by atoms with Crippen molar-refractivity contribution in [2.75, 3.05) is 19.6 Å². The minimum Gasteiger partial charge on any atom is -0.339 e. The van der Waals surface area contributed by atoms with Gasteiger partial charge in [0.25, 0.3) is 5.91 Å². The van der Waals surface area contributed by atoms with E-state index in [9.17, 15) is 13.2 Å². The largest absolute Gasteiger partial charge is 0.339 e. The molecule has 0 spiro atoms. The summed E-state index contributed by atoms with van der Waals surface area (Å²) in [6, 6.07) is 4.51. The summed E-state index contributed by atoms with van der Waals surface area (Å²) in [5, 5.41) is 0. The fourth-order valence-electron chi connectivity index (χ4n) is 1.88. The number of amides is 1. The molecule has 0 aromatic heterocycles. The predicted molar refractivity (Wildman–Crippen MR) is 91.4 cm³/mol. The molecule has 1 amide bonds. The van der Waals surface area contributed by atoms with Crippen LogP contribution in [0.3, 0.4) is 0 Å². The number of hydrogen-bond acceptors (Lipinski definition) is 3. The fourth-order valence-corrected chi connectivity index (χ4v) is 3.53. The molecule has 1 aromatic carbocycles. The van der Waals surface area contributed by atoms with Crippen LogP contribution < -0.4 is 4.72 Å². The smallest absolute Gasteiger partial charge is 0.255 e. The first-order valence-corrected chi connectivity index (χ1v) is 9.59. The van der Waals surface area contributed by atoms with Crippen molar-refractivity contribution in [2.24, 2.45) is 5.92 Å². The van der Waals surface area contributed by atoms with Crippen molar-refractivity contribution in [1.82, 2.24) is 9.62 Å². The molecule has 0 aliphatic heterocycles. The van der Waals surface area contributed by atoms with E-state index in [0.29, 0.717) is 29.7 Å². The number of hydrogen-bond donors (Lipinski definition) is 1. The summed E-state index contributed by atoms with van der Waals surface area (Å²) in [4.78, 5) is 14.2. The van der Waals surface area contributed by atoms with Crippen molar-refractivity contribution in [3.8, 4) is 0 Å². The van der Waals surface area contributed by atoms with Crippen LogP contribution in [0.15, 0.2) is 27.6 Å². The van der Waals surface area contributed by atoms with Gasteiger partial charge in [-0.2, -0.15) is 0 Å². The molecule has 0 radical (unpaired) electrons. The summed E-state index contributed by atoms with van der Waals surface area (Å²) in [6.45, 7) is 9.14. The van der Waals surface area contributed by atoms with Gasteiger partial charge < -0.3 is 4.90 Å². The average molecular weight is 391 g/mol. The van der Waals surface area contributed by atoms with Crippen LogP contribution in [0.1, 0.15) is 38.1 Å². The van der Waals surface area contributed by atoms with Crippen LogP contribution in [0.4, 0.5) is 0 Å². The Kier molecular flexibility index (Phi) is 7.02. The van der Waals surface area contributed by atoms with Gasteiger partial charge in [0.1, 0.15) is 0 Å². The maximum Gasteiger partial charge on any atom is 0.255 e. The monoisotopic (exact) mass is 390 g/mol. The number of nitrogens with one attached hydrogen (secondary N) is 1. The molecule has 0 fully saturated rings. The van der Waals surface area contributed by atoms with Crippen molar-refractivity contribution in [1.29, 1.82) is 0 Å². The van der Waals surface area contributed by atoms with Crippen molar-refractivity contribution in [3.63, 3.8) is 0 Å². The maximum atomic E-state index is 12.5. The highest BCUT2D eigenvalue weighted by molar-refractivity contribution is 9.10. The van der Waals surface area contributed by atoms with Crippen LogP contribution in [0.25, 0.3) is 0 Å². The van der Waals surface area contributed by atoms with Gasteiger partial charge in [-0.25, -0.2) is 13.1 Å². The Morgan fingerprint density at radius 3 is 2.36 bits per heavy atom. The zero-order valence-electron chi connectivity index (χ0n) is 13.4. The van der Waals surface area contributed by atoms with Gasteiger partial charge >= 0.3 is 0 Å². The Labute approximate surface area is 141 Å². The normalized spacial score (nSPS) is 11.7. The molecule has 0 aliphatic carbocycles. The topological polar surface area (TPSA) is 66.5 Å². The first-order chi connectivity index (χ1) is 10.2. The third-order valence-electron chi connectivity index (χ3n) is 3.21. The molecular formula is C15H23BrN2O3S. The second kappa shape index (κ2) is 8.08. The zero-order chi connectivity index (χ0) is 16.9. The highest BCUT2D eigenvalue weighted by Gasteiger charge is 2.20. The summed E-state index contributed by atoms with van der Waals surface area (Å²) >= 11 is 3.32. The summed E-state index contributed by atoms with van der Waals surface area (Å²) in [5.74, 6) is 0.0276. The summed E-state index contributed by atoms with van der Waals surface area (Å²) < 4.78 is 27.7. The lowest BCUT2D eigenvalue weighted by Gasteiger charge is -2.20. The maximum absolute atomic E-state index is 12.5. The standard InChI is InChI=1S/C15H23BrN2O3S/c1-5-18(6-2)15(19)13-9-12(7-8-14(13)16)22(20,21)17-10-11(3)4/h7-9,11,17H,5-6,10H2,1-4H3. The number of rotatable bonds is 7. The van der Waals surface area contributed by atoms with Gasteiger partial charge in [0.15, 0.2) is 0 Å². The second-order valence-electron chi connectivity index (χ2n) is 5.36. The second-order valence-corrected chi connectivity index (χ2v) is 7.99. The van der Waals surface area contributed by atoms with E-state index in [1.165, 1.54) is 12.1 Å². The highest BCUT2D eigenvalue weighted by atomic mass is 79.9. The molecule has 1 aromatic rings. The van der Waals surface area contributed by atoms with Gasteiger partial charge in [0.2, 0.25) is 10.0 Å². The van der Waals surface area contributed by atoms with E-state index in [2.05, 4.69) is 20.7 Å². The van der Waals surface area contributed by atoms with E-state index in [0.717, 1.165) is 0 Å². The van der Waals surface area contributed by atoms with Crippen LogP contribution in [0.5, 0.6) is 0 Å². The van der Waals surface area contributed by atoms with E-state index in [1.807, 2.05) is 27.7 Å². The molecule has 22 heavy (non-hydrogen) atoms. The number of halogens is 1. The Morgan fingerprint density at radius 1 is 1.27 bits per heavy atom. The molecule has 124 valence electrons. The molecule has 0 aliphatic rings. The zero-order valence-corrected chi connectivity index (χ0v) is 15.8. The highest BCUT2D eigenvalue weighted by Crippen LogP contribution is 2.22. The lowest BCUT2D eigenvalue weighted by molar-refractivity contribution is 0.0772. The van der Waals surface area contributed by atoms with E-state index in [1.54, 1.807) is 11.0 Å². The van der Waals surface area contributed by atoms with Crippen molar-refractivity contribution in [3.05, 3.63) is 28.2 Å². The molecule has 0 unspecified atom stereocenters. The Balaban J connectivity index is 3.16. The van der Waals surface area contributed by atoms with Crippen LogP contribution in [-0.2, 0) is 10.0 Å². The number of nitrogens with zero attached hydrogens (tertiary/aromatic N) is 1. The van der Waals surface area contributed by atoms with Gasteiger partial charge in [-0.15, -0.1) is 0 Å². The Morgan fingerprint density at radius 2 is 1.86 bits per heavy atom. The van der Waals surface area contributed by atoms with Gasteiger partial charge in [-0.1, -0.05) is 13.8 Å². The lowest BCUT2D eigenvalue weighted by atomic mass is 10.2. The number of carbonyl (C=O) groups excluding carboxylic acids is 1. The van der Waals surface area contributed by atoms with Crippen molar-refractivity contribution < 1.29 is 13.2 Å². The Hall–Kier alpha value is -0.920. The van der Waals surface area contributed by atoms with Crippen LogP contribution >= 0.6 is 15.9 Å². The molecule has 0 saturated heterocycles. The summed E-state index contributed by atoms with van der Waals surface area (Å²) in [6.07, 6.45) is 0. The van der Waals surface area contributed by atoms with Crippen LogP contribution in [-0.4, -0.2) is 38.9 Å². The first kappa shape index (κ1) is 19.1. The number of benzene rings is 1. The number of sulfonamides is 1. The van der Waals surface area contributed by atoms with Crippen LogP contribution in [0, 0.1) is 5.92 Å². The molecule has 1 N–H and O–H groups in total. The molecule has 1 rings (SSSR count). The van der Waals surface area contributed by atoms with E-state index in [4.69, 9.17) is 0 Å². The van der Waals surface area contributed by atoms with Crippen molar-refractivity contribution in [2.45, 2.75) is 32.6 Å². The van der Waals surface area contributed by atoms with Gasteiger partial charge in [0, 0.05) is 24.1 Å². The van der Waals surface area contributed by atoms with Gasteiger partial charge in [-0.05, 0) is 53.9 Å². The summed E-state index contributed by atoms with van der Waals surface area (Å²) in [5.41, 5.74) is 0.358. The SMILES string of the molecule is CCN(CC)C(=O)c1cc(S(=O)(=O)NCC(C)C)ccc1Br. The van der Waals surface area contributed by atoms with Crippen LogP contribution in [0.2, 0.25) is 0 Å². The molecule has 5 nitrogen and oxygen atoms in total. The van der Waals surface area contributed by atoms with E-state index < -0.39 is 10.0 Å². The first-order valence-electron chi connectivity index (χ1n) is 7.31. The lowest BCUT2D eigenvalue weighted by Crippen LogP contribution is -2.31. The molecular weight excluding hydrogens is 368 g/mol.